The Hall–Kier alpha value is -2.62. The molecule has 1 unspecified atom stereocenters. The molecule has 1 amide bonds. The van der Waals surface area contributed by atoms with Gasteiger partial charge in [-0.3, -0.25) is 4.79 Å². The van der Waals surface area contributed by atoms with Gasteiger partial charge in [0.15, 0.2) is 22.8 Å². The van der Waals surface area contributed by atoms with Crippen LogP contribution in [-0.4, -0.2) is 44.6 Å². The van der Waals surface area contributed by atoms with Crippen LogP contribution >= 0.6 is 11.8 Å². The largest absolute Gasteiger partial charge is 0.494 e. The molecule has 0 radical (unpaired) electrons. The number of aromatic nitrogens is 3. The first-order valence-electron chi connectivity index (χ1n) is 7.71. The van der Waals surface area contributed by atoms with E-state index in [1.807, 2.05) is 13.8 Å². The van der Waals surface area contributed by atoms with Gasteiger partial charge in [0, 0.05) is 6.04 Å². The topological polar surface area (TPSA) is 106 Å². The summed E-state index contributed by atoms with van der Waals surface area (Å²) < 4.78 is 20.4. The number of ether oxygens (including phenoxy) is 1. The molecule has 140 valence electrons. The summed E-state index contributed by atoms with van der Waals surface area (Å²) in [4.78, 5) is 23.6. The highest BCUT2D eigenvalue weighted by Crippen LogP contribution is 2.23. The van der Waals surface area contributed by atoms with Crippen LogP contribution in [0.15, 0.2) is 29.7 Å². The standard InChI is InChI=1S/C16H19FN4O4S/c1-9(2)21-8-18-20-16(21)26-7-13(22)19-14(15(23)24)10-4-5-12(25-3)11(17)6-10/h4-6,8-9,14H,7H2,1-3H3,(H,19,22)(H,23,24). The Morgan fingerprint density at radius 1 is 1.42 bits per heavy atom. The predicted octanol–water partition coefficient (Wildman–Crippen LogP) is 2.04. The van der Waals surface area contributed by atoms with Crippen LogP contribution in [0.3, 0.4) is 0 Å². The fraction of sp³-hybridized carbons (Fsp3) is 0.375. The third-order valence-electron chi connectivity index (χ3n) is 3.49. The summed E-state index contributed by atoms with van der Waals surface area (Å²) in [5.74, 6) is -2.57. The number of amides is 1. The van der Waals surface area contributed by atoms with Crippen molar-refractivity contribution in [3.05, 3.63) is 35.9 Å². The third kappa shape index (κ3) is 4.72. The van der Waals surface area contributed by atoms with Crippen LogP contribution in [0, 0.1) is 5.82 Å². The highest BCUT2D eigenvalue weighted by Gasteiger charge is 2.23. The first kappa shape index (κ1) is 19.7. The fourth-order valence-electron chi connectivity index (χ4n) is 2.17. The van der Waals surface area contributed by atoms with Gasteiger partial charge in [0.25, 0.3) is 0 Å². The molecule has 1 aromatic heterocycles. The van der Waals surface area contributed by atoms with Crippen molar-refractivity contribution in [1.29, 1.82) is 0 Å². The van der Waals surface area contributed by atoms with Gasteiger partial charge < -0.3 is 19.7 Å². The maximum absolute atomic E-state index is 13.8. The Bertz CT molecular complexity index is 796. The monoisotopic (exact) mass is 382 g/mol. The van der Waals surface area contributed by atoms with E-state index in [4.69, 9.17) is 4.74 Å². The smallest absolute Gasteiger partial charge is 0.330 e. The molecule has 1 atom stereocenters. The minimum Gasteiger partial charge on any atom is -0.494 e. The van der Waals surface area contributed by atoms with Crippen LogP contribution in [0.25, 0.3) is 0 Å². The maximum atomic E-state index is 13.8. The molecule has 1 aromatic carbocycles. The van der Waals surface area contributed by atoms with Crippen LogP contribution in [-0.2, 0) is 9.59 Å². The highest BCUT2D eigenvalue weighted by molar-refractivity contribution is 7.99. The lowest BCUT2D eigenvalue weighted by atomic mass is 10.1. The van der Waals surface area contributed by atoms with Crippen LogP contribution in [0.4, 0.5) is 4.39 Å². The lowest BCUT2D eigenvalue weighted by Crippen LogP contribution is -2.35. The molecule has 0 aliphatic heterocycles. The van der Waals surface area contributed by atoms with Gasteiger partial charge in [-0.2, -0.15) is 0 Å². The summed E-state index contributed by atoms with van der Waals surface area (Å²) in [6.07, 6.45) is 1.56. The molecule has 2 aromatic rings. The quantitative estimate of drug-likeness (QED) is 0.673. The number of aliphatic carboxylic acids is 1. The molecule has 2 rings (SSSR count). The zero-order chi connectivity index (χ0) is 19.3. The second-order valence-corrected chi connectivity index (χ2v) is 6.58. The Balaban J connectivity index is 2.05. The summed E-state index contributed by atoms with van der Waals surface area (Å²) in [7, 11) is 1.31. The second kappa shape index (κ2) is 8.65. The molecule has 0 bridgehead atoms. The summed E-state index contributed by atoms with van der Waals surface area (Å²) in [6, 6.07) is 2.49. The Morgan fingerprint density at radius 2 is 2.15 bits per heavy atom. The molecule has 1 heterocycles. The van der Waals surface area contributed by atoms with E-state index in [1.54, 1.807) is 10.9 Å². The SMILES string of the molecule is COc1ccc(C(NC(=O)CSc2nncn2C(C)C)C(=O)O)cc1F. The number of nitrogens with zero attached hydrogens (tertiary/aromatic N) is 3. The van der Waals surface area contributed by atoms with Gasteiger partial charge in [-0.15, -0.1) is 10.2 Å². The number of thioether (sulfide) groups is 1. The van der Waals surface area contributed by atoms with E-state index in [0.717, 1.165) is 17.8 Å². The van der Waals surface area contributed by atoms with Gasteiger partial charge in [-0.1, -0.05) is 17.8 Å². The number of rotatable bonds is 8. The molecule has 8 nitrogen and oxygen atoms in total. The van der Waals surface area contributed by atoms with Crippen molar-refractivity contribution in [1.82, 2.24) is 20.1 Å². The maximum Gasteiger partial charge on any atom is 0.330 e. The Labute approximate surface area is 153 Å². The molecule has 0 fully saturated rings. The molecular weight excluding hydrogens is 363 g/mol. The molecule has 26 heavy (non-hydrogen) atoms. The first-order valence-corrected chi connectivity index (χ1v) is 8.70. The predicted molar refractivity (Wildman–Crippen MR) is 92.6 cm³/mol. The number of benzene rings is 1. The van der Waals surface area contributed by atoms with Crippen molar-refractivity contribution >= 4 is 23.6 Å². The zero-order valence-corrected chi connectivity index (χ0v) is 15.3. The van der Waals surface area contributed by atoms with E-state index < -0.39 is 23.7 Å². The minimum atomic E-state index is -1.37. The molecule has 0 spiro atoms. The number of hydrogen-bond donors (Lipinski definition) is 2. The van der Waals surface area contributed by atoms with Crippen LogP contribution in [0.2, 0.25) is 0 Å². The molecule has 0 aliphatic carbocycles. The molecule has 0 saturated heterocycles. The van der Waals surface area contributed by atoms with E-state index in [2.05, 4.69) is 15.5 Å². The number of nitrogens with one attached hydrogen (secondary N) is 1. The normalized spacial score (nSPS) is 12.0. The van der Waals surface area contributed by atoms with E-state index in [-0.39, 0.29) is 23.1 Å². The summed E-state index contributed by atoms with van der Waals surface area (Å²) in [5, 5.41) is 20.0. The summed E-state index contributed by atoms with van der Waals surface area (Å²) in [6.45, 7) is 3.90. The van der Waals surface area contributed by atoms with Crippen LogP contribution in [0.5, 0.6) is 5.75 Å². The van der Waals surface area contributed by atoms with E-state index in [0.29, 0.717) is 5.16 Å². The summed E-state index contributed by atoms with van der Waals surface area (Å²) in [5.41, 5.74) is 0.111. The van der Waals surface area contributed by atoms with Crippen molar-refractivity contribution < 1.29 is 23.8 Å². The molecule has 10 heteroatoms. The average Bonchev–Trinajstić information content (AvgIpc) is 3.06. The van der Waals surface area contributed by atoms with Gasteiger partial charge in [-0.05, 0) is 31.5 Å². The van der Waals surface area contributed by atoms with E-state index in [1.165, 1.54) is 19.2 Å². The van der Waals surface area contributed by atoms with E-state index >= 15 is 0 Å². The number of carboxylic acid groups (broad SMARTS) is 1. The lowest BCUT2D eigenvalue weighted by Gasteiger charge is -2.16. The molecule has 0 aliphatic rings. The van der Waals surface area contributed by atoms with Crippen molar-refractivity contribution in [3.8, 4) is 5.75 Å². The fourth-order valence-corrected chi connectivity index (χ4v) is 3.03. The summed E-state index contributed by atoms with van der Waals surface area (Å²) >= 11 is 1.14. The minimum absolute atomic E-state index is 0.00667. The van der Waals surface area contributed by atoms with Crippen molar-refractivity contribution in [2.45, 2.75) is 31.1 Å². The highest BCUT2D eigenvalue weighted by atomic mass is 32.2. The van der Waals surface area contributed by atoms with Gasteiger partial charge in [0.2, 0.25) is 5.91 Å². The number of carbonyl (C=O) groups excluding carboxylic acids is 1. The lowest BCUT2D eigenvalue weighted by molar-refractivity contribution is -0.141. The van der Waals surface area contributed by atoms with Gasteiger partial charge in [-0.25, -0.2) is 9.18 Å². The van der Waals surface area contributed by atoms with Gasteiger partial charge in [0.05, 0.1) is 12.9 Å². The average molecular weight is 382 g/mol. The zero-order valence-electron chi connectivity index (χ0n) is 14.5. The van der Waals surface area contributed by atoms with Gasteiger partial charge in [0.1, 0.15) is 6.33 Å². The number of halogens is 1. The van der Waals surface area contributed by atoms with Gasteiger partial charge >= 0.3 is 5.97 Å². The van der Waals surface area contributed by atoms with Crippen LogP contribution in [0.1, 0.15) is 31.5 Å². The Kier molecular flexibility index (Phi) is 6.56. The van der Waals surface area contributed by atoms with Crippen molar-refractivity contribution in [2.75, 3.05) is 12.9 Å². The molecule has 2 N–H and O–H groups in total. The number of carbonyl (C=O) groups is 2. The van der Waals surface area contributed by atoms with Crippen molar-refractivity contribution in [3.63, 3.8) is 0 Å². The van der Waals surface area contributed by atoms with Crippen molar-refractivity contribution in [2.24, 2.45) is 0 Å². The third-order valence-corrected chi connectivity index (χ3v) is 4.45. The molecule has 0 saturated carbocycles. The number of methoxy groups -OCH3 is 1. The second-order valence-electron chi connectivity index (χ2n) is 5.64. The number of hydrogen-bond acceptors (Lipinski definition) is 6. The van der Waals surface area contributed by atoms with Crippen LogP contribution < -0.4 is 10.1 Å². The van der Waals surface area contributed by atoms with E-state index in [9.17, 15) is 19.1 Å². The first-order chi connectivity index (χ1) is 12.3. The number of carboxylic acids is 1. The Morgan fingerprint density at radius 3 is 2.73 bits per heavy atom. The molecular formula is C16H19FN4O4S.